The third-order valence-corrected chi connectivity index (χ3v) is 8.48. The van der Waals surface area contributed by atoms with Crippen LogP contribution in [0.3, 0.4) is 0 Å². The molecule has 7 nitrogen and oxygen atoms in total. The van der Waals surface area contributed by atoms with Gasteiger partial charge in [-0.2, -0.15) is 0 Å². The Morgan fingerprint density at radius 3 is 2.20 bits per heavy atom. The lowest BCUT2D eigenvalue weighted by Crippen LogP contribution is -2.35. The van der Waals surface area contributed by atoms with Crippen LogP contribution in [-0.2, 0) is 16.1 Å². The van der Waals surface area contributed by atoms with Crippen LogP contribution in [0.2, 0.25) is 0 Å². The molecule has 0 bridgehead atoms. The van der Waals surface area contributed by atoms with Crippen molar-refractivity contribution in [2.45, 2.75) is 47.1 Å². The topological polar surface area (TPSA) is 83.6 Å². The number of nitrogens with zero attached hydrogens (tertiary/aromatic N) is 2. The number of halogens is 1. The number of fused-ring (bicyclic) bond motifs is 1. The number of carbonyl (C=O) groups is 2. The molecule has 2 N–H and O–H groups in total. The van der Waals surface area contributed by atoms with E-state index in [1.807, 2.05) is 32.0 Å². The van der Waals surface area contributed by atoms with Crippen molar-refractivity contribution in [2.75, 3.05) is 23.7 Å². The third-order valence-electron chi connectivity index (χ3n) is 7.35. The van der Waals surface area contributed by atoms with Crippen molar-refractivity contribution in [3.63, 3.8) is 0 Å². The highest BCUT2D eigenvalue weighted by Crippen LogP contribution is 2.48. The van der Waals surface area contributed by atoms with Gasteiger partial charge in [0, 0.05) is 35.1 Å². The maximum atomic E-state index is 13.2. The number of aryl methyl sites for hydroxylation is 2. The zero-order chi connectivity index (χ0) is 28.4. The Bertz CT molecular complexity index is 1540. The lowest BCUT2D eigenvalue weighted by atomic mass is 10.0. The summed E-state index contributed by atoms with van der Waals surface area (Å²) in [5, 5.41) is 5.67. The zero-order valence-corrected chi connectivity index (χ0v) is 24.0. The van der Waals surface area contributed by atoms with E-state index in [1.54, 1.807) is 17.5 Å². The first-order valence-electron chi connectivity index (χ1n) is 13.5. The molecular formula is C31H33FN4O3S. The molecule has 2 aromatic heterocycles. The summed E-state index contributed by atoms with van der Waals surface area (Å²) in [6.07, 6.45) is 2.68. The largest absolute Gasteiger partial charge is 0.455 e. The summed E-state index contributed by atoms with van der Waals surface area (Å²) in [5.74, 6) is 0.342. The molecule has 208 valence electrons. The second-order valence-electron chi connectivity index (χ2n) is 10.2. The summed E-state index contributed by atoms with van der Waals surface area (Å²) in [6, 6.07) is 13.2. The Morgan fingerprint density at radius 1 is 0.975 bits per heavy atom. The minimum atomic E-state index is -1.13. The predicted molar refractivity (Wildman–Crippen MR) is 158 cm³/mol. The summed E-state index contributed by atoms with van der Waals surface area (Å²) >= 11 is 1.70. The number of pyridine rings is 1. The van der Waals surface area contributed by atoms with Crippen LogP contribution in [0.5, 0.6) is 11.5 Å². The van der Waals surface area contributed by atoms with Crippen LogP contribution in [0.25, 0.3) is 10.2 Å². The number of ether oxygens (including phenoxy) is 1. The molecule has 2 amide bonds. The van der Waals surface area contributed by atoms with Gasteiger partial charge in [-0.1, -0.05) is 13.8 Å². The van der Waals surface area contributed by atoms with Gasteiger partial charge in [0.2, 0.25) is 11.8 Å². The molecule has 5 rings (SSSR count). The molecule has 0 spiro atoms. The fraction of sp³-hybridized carbons (Fsp3) is 0.323. The number of nitrogens with one attached hydrogen (secondary N) is 2. The molecule has 0 radical (unpaired) electrons. The van der Waals surface area contributed by atoms with E-state index in [0.29, 0.717) is 24.2 Å². The lowest BCUT2D eigenvalue weighted by molar-refractivity contribution is -0.131. The van der Waals surface area contributed by atoms with E-state index in [0.717, 1.165) is 52.5 Å². The first-order chi connectivity index (χ1) is 19.2. The molecular weight excluding hydrogens is 527 g/mol. The fourth-order valence-electron chi connectivity index (χ4n) is 4.80. The van der Waals surface area contributed by atoms with Gasteiger partial charge in [-0.15, -0.1) is 11.3 Å². The summed E-state index contributed by atoms with van der Waals surface area (Å²) in [5.41, 5.74) is 2.57. The standard InChI is InChI=1S/C31H33FN4O3S/c1-5-36(6-2)18-24-17-25-28(40-24)26(11-14-33-25)39-27-19(3)15-23(16-20(27)4)35-30(38)31(12-13-31)29(37)34-22-9-7-21(32)8-10-22/h7-11,14-17H,5-6,12-13,18H2,1-4H3,(H,34,37)(H,35,38). The van der Waals surface area contributed by atoms with Crippen molar-refractivity contribution in [3.8, 4) is 11.5 Å². The van der Waals surface area contributed by atoms with Gasteiger partial charge in [-0.3, -0.25) is 19.5 Å². The molecule has 0 unspecified atom stereocenters. The van der Waals surface area contributed by atoms with Gasteiger partial charge in [-0.05, 0) is 93.4 Å². The van der Waals surface area contributed by atoms with E-state index >= 15 is 0 Å². The second-order valence-corrected chi connectivity index (χ2v) is 11.4. The smallest absolute Gasteiger partial charge is 0.240 e. The number of thiophene rings is 1. The van der Waals surface area contributed by atoms with E-state index < -0.39 is 5.41 Å². The van der Waals surface area contributed by atoms with Gasteiger partial charge in [0.1, 0.15) is 22.7 Å². The van der Waals surface area contributed by atoms with Crippen molar-refractivity contribution < 1.29 is 18.7 Å². The average molecular weight is 561 g/mol. The van der Waals surface area contributed by atoms with E-state index in [9.17, 15) is 14.0 Å². The number of rotatable bonds is 10. The van der Waals surface area contributed by atoms with E-state index in [1.165, 1.54) is 29.1 Å². The number of anilines is 2. The Balaban J connectivity index is 1.31. The number of amides is 2. The minimum absolute atomic E-state index is 0.352. The van der Waals surface area contributed by atoms with Gasteiger partial charge >= 0.3 is 0 Å². The molecule has 1 aliphatic carbocycles. The Morgan fingerprint density at radius 2 is 1.60 bits per heavy atom. The molecule has 1 saturated carbocycles. The predicted octanol–water partition coefficient (Wildman–Crippen LogP) is 7.04. The van der Waals surface area contributed by atoms with Gasteiger partial charge in [0.05, 0.1) is 10.2 Å². The van der Waals surface area contributed by atoms with Gasteiger partial charge in [0.25, 0.3) is 0 Å². The maximum absolute atomic E-state index is 13.2. The normalized spacial score (nSPS) is 13.8. The van der Waals surface area contributed by atoms with Gasteiger partial charge < -0.3 is 15.4 Å². The molecule has 9 heteroatoms. The highest BCUT2D eigenvalue weighted by Gasteiger charge is 2.56. The summed E-state index contributed by atoms with van der Waals surface area (Å²) in [4.78, 5) is 34.2. The van der Waals surface area contributed by atoms with E-state index in [4.69, 9.17) is 4.74 Å². The number of benzene rings is 2. The second kappa shape index (κ2) is 11.3. The Labute approximate surface area is 237 Å². The average Bonchev–Trinajstić information content (AvgIpc) is 3.65. The number of aromatic nitrogens is 1. The lowest BCUT2D eigenvalue weighted by Gasteiger charge is -2.18. The van der Waals surface area contributed by atoms with Crippen LogP contribution in [0.15, 0.2) is 54.7 Å². The van der Waals surface area contributed by atoms with Crippen LogP contribution in [-0.4, -0.2) is 34.8 Å². The maximum Gasteiger partial charge on any atom is 0.240 e. The van der Waals surface area contributed by atoms with Crippen molar-refractivity contribution in [3.05, 3.63) is 76.5 Å². The first kappa shape index (κ1) is 27.7. The molecule has 2 aromatic carbocycles. The molecule has 0 aliphatic heterocycles. The molecule has 0 atom stereocenters. The zero-order valence-electron chi connectivity index (χ0n) is 23.1. The van der Waals surface area contributed by atoms with Crippen LogP contribution >= 0.6 is 11.3 Å². The van der Waals surface area contributed by atoms with Gasteiger partial charge in [-0.25, -0.2) is 4.39 Å². The fourth-order valence-corrected chi connectivity index (χ4v) is 5.91. The molecule has 4 aromatic rings. The van der Waals surface area contributed by atoms with Crippen molar-refractivity contribution in [1.29, 1.82) is 0 Å². The molecule has 40 heavy (non-hydrogen) atoms. The Hall–Kier alpha value is -3.82. The van der Waals surface area contributed by atoms with E-state index in [-0.39, 0.29) is 17.6 Å². The minimum Gasteiger partial charge on any atom is -0.455 e. The van der Waals surface area contributed by atoms with Crippen molar-refractivity contribution in [1.82, 2.24) is 9.88 Å². The van der Waals surface area contributed by atoms with Crippen LogP contribution in [0.1, 0.15) is 42.7 Å². The SMILES string of the molecule is CCN(CC)Cc1cc2nccc(Oc3c(C)cc(NC(=O)C4(C(=O)Nc5ccc(F)cc5)CC4)cc3C)c2s1. The number of carbonyl (C=O) groups excluding carboxylic acids is 2. The number of hydrogen-bond donors (Lipinski definition) is 2. The summed E-state index contributed by atoms with van der Waals surface area (Å²) in [6.45, 7) is 11.0. The molecule has 1 fully saturated rings. The van der Waals surface area contributed by atoms with Gasteiger partial charge in [0.15, 0.2) is 0 Å². The van der Waals surface area contributed by atoms with E-state index in [2.05, 4.69) is 40.4 Å². The quantitative estimate of drug-likeness (QED) is 0.203. The third kappa shape index (κ3) is 5.71. The monoisotopic (exact) mass is 560 g/mol. The Kier molecular flexibility index (Phi) is 7.87. The summed E-state index contributed by atoms with van der Waals surface area (Å²) < 4.78 is 20.6. The van der Waals surface area contributed by atoms with Crippen molar-refractivity contribution >= 4 is 44.7 Å². The molecule has 0 saturated heterocycles. The van der Waals surface area contributed by atoms with Crippen LogP contribution in [0.4, 0.5) is 15.8 Å². The number of hydrogen-bond acceptors (Lipinski definition) is 6. The van der Waals surface area contributed by atoms with Crippen LogP contribution < -0.4 is 15.4 Å². The molecule has 1 aliphatic rings. The molecule has 2 heterocycles. The summed E-state index contributed by atoms with van der Waals surface area (Å²) in [7, 11) is 0. The highest BCUT2D eigenvalue weighted by molar-refractivity contribution is 7.19. The van der Waals surface area contributed by atoms with Crippen LogP contribution in [0, 0.1) is 25.1 Å². The van der Waals surface area contributed by atoms with Crippen molar-refractivity contribution in [2.24, 2.45) is 5.41 Å². The first-order valence-corrected chi connectivity index (χ1v) is 14.3. The highest BCUT2D eigenvalue weighted by atomic mass is 32.1.